The zero-order valence-electron chi connectivity index (χ0n) is 13.2. The summed E-state index contributed by atoms with van der Waals surface area (Å²) < 4.78 is 0. The van der Waals surface area contributed by atoms with E-state index in [1.807, 2.05) is 4.90 Å². The Hall–Kier alpha value is -1.35. The Labute approximate surface area is 122 Å². The molecule has 2 atom stereocenters. The fraction of sp³-hybridized carbons (Fsp3) is 0.588. The van der Waals surface area contributed by atoms with Gasteiger partial charge in [-0.2, -0.15) is 0 Å². The molecule has 2 unspecified atom stereocenters. The third kappa shape index (κ3) is 3.04. The maximum Gasteiger partial charge on any atom is 0.238 e. The van der Waals surface area contributed by atoms with Crippen molar-refractivity contribution in [1.82, 2.24) is 10.2 Å². The Morgan fingerprint density at radius 2 is 2.00 bits per heavy atom. The lowest BCUT2D eigenvalue weighted by Gasteiger charge is -2.32. The van der Waals surface area contributed by atoms with Gasteiger partial charge >= 0.3 is 0 Å². The predicted octanol–water partition coefficient (Wildman–Crippen LogP) is 3.17. The molecule has 0 aliphatic carbocycles. The monoisotopic (exact) mass is 274 g/mol. The highest BCUT2D eigenvalue weighted by molar-refractivity contribution is 5.81. The molecule has 1 N–H and O–H groups in total. The van der Waals surface area contributed by atoms with Crippen molar-refractivity contribution < 1.29 is 4.79 Å². The first-order chi connectivity index (χ1) is 9.40. The van der Waals surface area contributed by atoms with Crippen molar-refractivity contribution in [2.24, 2.45) is 5.92 Å². The van der Waals surface area contributed by atoms with E-state index >= 15 is 0 Å². The number of nitrogens with zero attached hydrogens (tertiary/aromatic N) is 1. The maximum absolute atomic E-state index is 12.2. The topological polar surface area (TPSA) is 32.3 Å². The number of carbonyl (C=O) groups is 1. The second kappa shape index (κ2) is 5.96. The van der Waals surface area contributed by atoms with E-state index in [2.05, 4.69) is 58.1 Å². The molecule has 1 saturated heterocycles. The van der Waals surface area contributed by atoms with E-state index in [-0.39, 0.29) is 18.1 Å². The molecular formula is C17H26N2O. The first-order valence-electron chi connectivity index (χ1n) is 7.52. The molecule has 110 valence electrons. The van der Waals surface area contributed by atoms with Gasteiger partial charge in [0.25, 0.3) is 0 Å². The summed E-state index contributed by atoms with van der Waals surface area (Å²) in [5.74, 6) is 0.807. The van der Waals surface area contributed by atoms with Gasteiger partial charge in [-0.3, -0.25) is 10.1 Å². The molecule has 0 spiro atoms. The molecule has 2 rings (SSSR count). The van der Waals surface area contributed by atoms with Gasteiger partial charge in [-0.05, 0) is 44.2 Å². The van der Waals surface area contributed by atoms with Gasteiger partial charge in [0.2, 0.25) is 5.91 Å². The van der Waals surface area contributed by atoms with Crippen LogP contribution in [0.25, 0.3) is 0 Å². The molecule has 1 aromatic carbocycles. The quantitative estimate of drug-likeness (QED) is 0.914. The number of nitrogens with one attached hydrogen (secondary N) is 1. The SMILES string of the molecule is Cc1ccc(C)c(C2NCC(=O)N2C(C)CC(C)C)c1. The van der Waals surface area contributed by atoms with Crippen molar-refractivity contribution in [2.45, 2.75) is 53.2 Å². The first kappa shape index (κ1) is 15.0. The van der Waals surface area contributed by atoms with Crippen molar-refractivity contribution in [1.29, 1.82) is 0 Å². The molecule has 1 aromatic rings. The van der Waals surface area contributed by atoms with Crippen molar-refractivity contribution >= 4 is 5.91 Å². The van der Waals surface area contributed by atoms with Crippen LogP contribution in [-0.4, -0.2) is 23.4 Å². The Morgan fingerprint density at radius 3 is 2.65 bits per heavy atom. The van der Waals surface area contributed by atoms with Crippen molar-refractivity contribution in [3.8, 4) is 0 Å². The molecule has 1 fully saturated rings. The second-order valence-corrected chi connectivity index (χ2v) is 6.42. The molecule has 0 aromatic heterocycles. The van der Waals surface area contributed by atoms with Crippen molar-refractivity contribution in [2.75, 3.05) is 6.54 Å². The average molecular weight is 274 g/mol. The minimum atomic E-state index is 0.0242. The van der Waals surface area contributed by atoms with E-state index in [1.54, 1.807) is 0 Å². The summed E-state index contributed by atoms with van der Waals surface area (Å²) in [7, 11) is 0. The number of amides is 1. The molecule has 0 radical (unpaired) electrons. The highest BCUT2D eigenvalue weighted by atomic mass is 16.2. The number of aryl methyl sites for hydroxylation is 2. The smallest absolute Gasteiger partial charge is 0.238 e. The van der Waals surface area contributed by atoms with Gasteiger partial charge in [0.1, 0.15) is 6.17 Å². The minimum Gasteiger partial charge on any atom is -0.319 e. The minimum absolute atomic E-state index is 0.0242. The summed E-state index contributed by atoms with van der Waals surface area (Å²) in [5, 5.41) is 3.37. The Morgan fingerprint density at radius 1 is 1.30 bits per heavy atom. The first-order valence-corrected chi connectivity index (χ1v) is 7.52. The third-order valence-electron chi connectivity index (χ3n) is 4.03. The van der Waals surface area contributed by atoms with Gasteiger partial charge in [-0.15, -0.1) is 0 Å². The number of hydrogen-bond acceptors (Lipinski definition) is 2. The normalized spacial score (nSPS) is 20.8. The fourth-order valence-corrected chi connectivity index (χ4v) is 3.13. The van der Waals surface area contributed by atoms with E-state index in [0.717, 1.165) is 6.42 Å². The van der Waals surface area contributed by atoms with Crippen molar-refractivity contribution in [3.05, 3.63) is 34.9 Å². The lowest BCUT2D eigenvalue weighted by Crippen LogP contribution is -2.39. The third-order valence-corrected chi connectivity index (χ3v) is 4.03. The lowest BCUT2D eigenvalue weighted by atomic mass is 9.99. The van der Waals surface area contributed by atoms with Gasteiger partial charge in [0, 0.05) is 6.04 Å². The average Bonchev–Trinajstić information content (AvgIpc) is 2.73. The summed E-state index contributed by atoms with van der Waals surface area (Å²) in [5.41, 5.74) is 3.71. The molecule has 1 heterocycles. The highest BCUT2D eigenvalue weighted by Gasteiger charge is 2.35. The van der Waals surface area contributed by atoms with Crippen LogP contribution in [0.4, 0.5) is 0 Å². The molecule has 1 amide bonds. The molecule has 1 aliphatic heterocycles. The van der Waals surface area contributed by atoms with E-state index in [4.69, 9.17) is 0 Å². The van der Waals surface area contributed by atoms with E-state index in [9.17, 15) is 4.79 Å². The molecule has 3 nitrogen and oxygen atoms in total. The summed E-state index contributed by atoms with van der Waals surface area (Å²) in [6.45, 7) is 11.2. The van der Waals surface area contributed by atoms with Crippen LogP contribution in [-0.2, 0) is 4.79 Å². The largest absolute Gasteiger partial charge is 0.319 e. The van der Waals surface area contributed by atoms with Gasteiger partial charge in [-0.1, -0.05) is 37.6 Å². The molecule has 20 heavy (non-hydrogen) atoms. The summed E-state index contributed by atoms with van der Waals surface area (Å²) in [4.78, 5) is 14.3. The maximum atomic E-state index is 12.2. The highest BCUT2D eigenvalue weighted by Crippen LogP contribution is 2.29. The van der Waals surface area contributed by atoms with Crippen LogP contribution < -0.4 is 5.32 Å². The van der Waals surface area contributed by atoms with Crippen LogP contribution in [0.3, 0.4) is 0 Å². The molecule has 3 heteroatoms. The number of rotatable bonds is 4. The zero-order chi connectivity index (χ0) is 14.9. The van der Waals surface area contributed by atoms with E-state index in [1.165, 1.54) is 16.7 Å². The summed E-state index contributed by atoms with van der Waals surface area (Å²) >= 11 is 0. The molecule has 1 aliphatic rings. The second-order valence-electron chi connectivity index (χ2n) is 6.42. The van der Waals surface area contributed by atoms with Crippen LogP contribution >= 0.6 is 0 Å². The fourth-order valence-electron chi connectivity index (χ4n) is 3.13. The van der Waals surface area contributed by atoms with E-state index in [0.29, 0.717) is 12.5 Å². The van der Waals surface area contributed by atoms with Crippen LogP contribution in [0.2, 0.25) is 0 Å². The Kier molecular flexibility index (Phi) is 4.48. The Bertz CT molecular complexity index is 496. The van der Waals surface area contributed by atoms with E-state index < -0.39 is 0 Å². The van der Waals surface area contributed by atoms with Crippen LogP contribution in [0.15, 0.2) is 18.2 Å². The number of carbonyl (C=O) groups excluding carboxylic acids is 1. The van der Waals surface area contributed by atoms with Crippen LogP contribution in [0.1, 0.15) is 50.0 Å². The Balaban J connectivity index is 2.30. The van der Waals surface area contributed by atoms with Gasteiger partial charge in [-0.25, -0.2) is 0 Å². The van der Waals surface area contributed by atoms with Gasteiger partial charge < -0.3 is 4.90 Å². The van der Waals surface area contributed by atoms with Crippen molar-refractivity contribution in [3.63, 3.8) is 0 Å². The zero-order valence-corrected chi connectivity index (χ0v) is 13.2. The van der Waals surface area contributed by atoms with Crippen LogP contribution in [0.5, 0.6) is 0 Å². The van der Waals surface area contributed by atoms with Crippen LogP contribution in [0, 0.1) is 19.8 Å². The summed E-state index contributed by atoms with van der Waals surface area (Å²) in [6.07, 6.45) is 1.06. The van der Waals surface area contributed by atoms with Gasteiger partial charge in [0.15, 0.2) is 0 Å². The number of benzene rings is 1. The summed E-state index contributed by atoms with van der Waals surface area (Å²) in [6, 6.07) is 6.72. The standard InChI is InChI=1S/C17H26N2O/c1-11(2)8-14(5)19-16(20)10-18-17(19)15-9-12(3)6-7-13(15)4/h6-7,9,11,14,17-18H,8,10H2,1-5H3. The molecule has 0 saturated carbocycles. The molecule has 0 bridgehead atoms. The molecular weight excluding hydrogens is 248 g/mol. The number of hydrogen-bond donors (Lipinski definition) is 1. The lowest BCUT2D eigenvalue weighted by molar-refractivity contribution is -0.130. The predicted molar refractivity (Wildman–Crippen MR) is 82.4 cm³/mol. The van der Waals surface area contributed by atoms with Gasteiger partial charge in [0.05, 0.1) is 6.54 Å².